The van der Waals surface area contributed by atoms with Crippen LogP contribution in [0.5, 0.6) is 5.75 Å². The molecule has 0 radical (unpaired) electrons. The molecule has 27 heavy (non-hydrogen) atoms. The highest BCUT2D eigenvalue weighted by Gasteiger charge is 2.27. The first kappa shape index (κ1) is 18.9. The zero-order chi connectivity index (χ0) is 19.4. The van der Waals surface area contributed by atoms with E-state index in [1.807, 2.05) is 25.1 Å². The molecule has 142 valence electrons. The van der Waals surface area contributed by atoms with Gasteiger partial charge in [0, 0.05) is 44.4 Å². The van der Waals surface area contributed by atoms with Crippen LogP contribution < -0.4 is 10.2 Å². The molecule has 1 aliphatic rings. The first-order valence-electron chi connectivity index (χ1n) is 9.14. The molecule has 2 N–H and O–H groups in total. The summed E-state index contributed by atoms with van der Waals surface area (Å²) in [6, 6.07) is 14.1. The van der Waals surface area contributed by atoms with E-state index in [1.54, 1.807) is 30.3 Å². The lowest BCUT2D eigenvalue weighted by Crippen LogP contribution is -2.51. The van der Waals surface area contributed by atoms with Crippen molar-refractivity contribution in [1.29, 1.82) is 0 Å². The summed E-state index contributed by atoms with van der Waals surface area (Å²) in [6.45, 7) is 6.42. The minimum Gasteiger partial charge on any atom is -0.506 e. The van der Waals surface area contributed by atoms with Gasteiger partial charge in [-0.1, -0.05) is 12.1 Å². The highest BCUT2D eigenvalue weighted by molar-refractivity contribution is 6.00. The number of nitrogens with zero attached hydrogens (tertiary/aromatic N) is 2. The van der Waals surface area contributed by atoms with Crippen LogP contribution in [0.2, 0.25) is 0 Å². The molecule has 2 aromatic rings. The Balaban J connectivity index is 1.60. The largest absolute Gasteiger partial charge is 0.506 e. The first-order valence-corrected chi connectivity index (χ1v) is 9.14. The number of anilines is 2. The molecule has 1 aliphatic heterocycles. The van der Waals surface area contributed by atoms with E-state index in [-0.39, 0.29) is 23.5 Å². The molecule has 1 heterocycles. The van der Waals surface area contributed by atoms with Gasteiger partial charge in [-0.25, -0.2) is 0 Å². The standard InChI is InChI=1S/C21H25N3O3/c1-15(21(27)17-7-9-18(10-8-17)22-16(2)25)23-11-13-24(14-12-23)19-5-3-4-6-20(19)26/h3-10,15,26H,11-14H2,1-2H3,(H,22,25)/t15-/m1/s1. The minimum absolute atomic E-state index is 0.0698. The van der Waals surface area contributed by atoms with E-state index in [2.05, 4.69) is 15.1 Å². The number of para-hydroxylation sites is 2. The van der Waals surface area contributed by atoms with Crippen LogP contribution in [0.25, 0.3) is 0 Å². The number of nitrogens with one attached hydrogen (secondary N) is 1. The van der Waals surface area contributed by atoms with Gasteiger partial charge in [0.25, 0.3) is 0 Å². The topological polar surface area (TPSA) is 72.9 Å². The Labute approximate surface area is 159 Å². The number of rotatable bonds is 5. The van der Waals surface area contributed by atoms with Gasteiger partial charge in [-0.3, -0.25) is 14.5 Å². The number of benzene rings is 2. The Morgan fingerprint density at radius 3 is 2.22 bits per heavy atom. The van der Waals surface area contributed by atoms with E-state index in [0.29, 0.717) is 11.3 Å². The van der Waals surface area contributed by atoms with Crippen molar-refractivity contribution in [2.24, 2.45) is 0 Å². The lowest BCUT2D eigenvalue weighted by atomic mass is 10.0. The second-order valence-corrected chi connectivity index (χ2v) is 6.81. The lowest BCUT2D eigenvalue weighted by molar-refractivity contribution is -0.114. The summed E-state index contributed by atoms with van der Waals surface area (Å²) >= 11 is 0. The van der Waals surface area contributed by atoms with Gasteiger partial charge in [-0.2, -0.15) is 0 Å². The number of carbonyl (C=O) groups is 2. The number of phenolic OH excluding ortho intramolecular Hbond substituents is 1. The van der Waals surface area contributed by atoms with E-state index in [0.717, 1.165) is 31.9 Å². The summed E-state index contributed by atoms with van der Waals surface area (Å²) in [7, 11) is 0. The molecule has 3 rings (SSSR count). The molecular weight excluding hydrogens is 342 g/mol. The van der Waals surface area contributed by atoms with Gasteiger partial charge in [0.15, 0.2) is 5.78 Å². The minimum atomic E-state index is -0.219. The number of hydrogen-bond acceptors (Lipinski definition) is 5. The van der Waals surface area contributed by atoms with Crippen molar-refractivity contribution < 1.29 is 14.7 Å². The number of hydrogen-bond donors (Lipinski definition) is 2. The molecule has 0 bridgehead atoms. The van der Waals surface area contributed by atoms with Gasteiger partial charge in [-0.05, 0) is 43.3 Å². The van der Waals surface area contributed by atoms with Crippen molar-refractivity contribution in [2.45, 2.75) is 19.9 Å². The van der Waals surface area contributed by atoms with Gasteiger partial charge in [0.1, 0.15) is 5.75 Å². The zero-order valence-corrected chi connectivity index (χ0v) is 15.7. The summed E-state index contributed by atoms with van der Waals surface area (Å²) < 4.78 is 0. The van der Waals surface area contributed by atoms with E-state index in [4.69, 9.17) is 0 Å². The van der Waals surface area contributed by atoms with E-state index in [9.17, 15) is 14.7 Å². The fraction of sp³-hybridized carbons (Fsp3) is 0.333. The van der Waals surface area contributed by atoms with Crippen molar-refractivity contribution >= 4 is 23.1 Å². The summed E-state index contributed by atoms with van der Waals surface area (Å²) in [4.78, 5) is 28.2. The molecule has 1 atom stereocenters. The molecule has 1 fully saturated rings. The highest BCUT2D eigenvalue weighted by Crippen LogP contribution is 2.27. The normalized spacial score (nSPS) is 16.0. The fourth-order valence-corrected chi connectivity index (χ4v) is 3.41. The van der Waals surface area contributed by atoms with Gasteiger partial charge < -0.3 is 15.3 Å². The Bertz CT molecular complexity index is 812. The second kappa shape index (κ2) is 8.22. The van der Waals surface area contributed by atoms with Crippen LogP contribution in [0.4, 0.5) is 11.4 Å². The SMILES string of the molecule is CC(=O)Nc1ccc(C(=O)[C@@H](C)N2CCN(c3ccccc3O)CC2)cc1. The molecule has 1 amide bonds. The number of aromatic hydroxyl groups is 1. The van der Waals surface area contributed by atoms with Gasteiger partial charge >= 0.3 is 0 Å². The molecule has 6 nitrogen and oxygen atoms in total. The van der Waals surface area contributed by atoms with Gasteiger partial charge in [0.2, 0.25) is 5.91 Å². The monoisotopic (exact) mass is 367 g/mol. The molecule has 0 unspecified atom stereocenters. The van der Waals surface area contributed by atoms with Crippen LogP contribution in [0.3, 0.4) is 0 Å². The number of carbonyl (C=O) groups excluding carboxylic acids is 2. The van der Waals surface area contributed by atoms with E-state index >= 15 is 0 Å². The number of piperazine rings is 1. The molecule has 0 aliphatic carbocycles. The van der Waals surface area contributed by atoms with Crippen LogP contribution in [-0.4, -0.2) is 53.9 Å². The van der Waals surface area contributed by atoms with Crippen molar-refractivity contribution in [2.75, 3.05) is 36.4 Å². The second-order valence-electron chi connectivity index (χ2n) is 6.81. The van der Waals surface area contributed by atoms with Crippen molar-refractivity contribution in [3.63, 3.8) is 0 Å². The fourth-order valence-electron chi connectivity index (χ4n) is 3.41. The molecule has 1 saturated heterocycles. The van der Waals surface area contributed by atoms with E-state index < -0.39 is 0 Å². The number of phenols is 1. The van der Waals surface area contributed by atoms with Crippen molar-refractivity contribution in [3.8, 4) is 5.75 Å². The molecule has 0 aromatic heterocycles. The maximum atomic E-state index is 12.8. The Morgan fingerprint density at radius 2 is 1.63 bits per heavy atom. The Morgan fingerprint density at radius 1 is 1.00 bits per heavy atom. The van der Waals surface area contributed by atoms with Crippen molar-refractivity contribution in [3.05, 3.63) is 54.1 Å². The maximum Gasteiger partial charge on any atom is 0.221 e. The average Bonchev–Trinajstić information content (AvgIpc) is 2.67. The Kier molecular flexibility index (Phi) is 5.76. The first-order chi connectivity index (χ1) is 13.0. The summed E-state index contributed by atoms with van der Waals surface area (Å²) in [5.74, 6) is 0.222. The molecule has 6 heteroatoms. The van der Waals surface area contributed by atoms with E-state index in [1.165, 1.54) is 6.92 Å². The zero-order valence-electron chi connectivity index (χ0n) is 15.7. The summed E-state index contributed by atoms with van der Waals surface area (Å²) in [5.41, 5.74) is 2.16. The summed E-state index contributed by atoms with van der Waals surface area (Å²) in [6.07, 6.45) is 0. The van der Waals surface area contributed by atoms with Crippen molar-refractivity contribution in [1.82, 2.24) is 4.90 Å². The highest BCUT2D eigenvalue weighted by atomic mass is 16.3. The van der Waals surface area contributed by atoms with Crippen LogP contribution >= 0.6 is 0 Å². The lowest BCUT2D eigenvalue weighted by Gasteiger charge is -2.38. The summed E-state index contributed by atoms with van der Waals surface area (Å²) in [5, 5.41) is 12.7. The molecule has 0 saturated carbocycles. The third-order valence-electron chi connectivity index (χ3n) is 4.95. The van der Waals surface area contributed by atoms with Gasteiger partial charge in [-0.15, -0.1) is 0 Å². The predicted octanol–water partition coefficient (Wildman–Crippen LogP) is 2.74. The predicted molar refractivity (Wildman–Crippen MR) is 106 cm³/mol. The third-order valence-corrected chi connectivity index (χ3v) is 4.95. The third kappa shape index (κ3) is 4.46. The quantitative estimate of drug-likeness (QED) is 0.795. The number of amides is 1. The maximum absolute atomic E-state index is 12.8. The van der Waals surface area contributed by atoms with Crippen LogP contribution in [0, 0.1) is 0 Å². The van der Waals surface area contributed by atoms with Gasteiger partial charge in [0.05, 0.1) is 11.7 Å². The molecule has 2 aromatic carbocycles. The average molecular weight is 367 g/mol. The number of ketones is 1. The molecule has 0 spiro atoms. The van der Waals surface area contributed by atoms with Crippen LogP contribution in [0.15, 0.2) is 48.5 Å². The van der Waals surface area contributed by atoms with Crippen LogP contribution in [-0.2, 0) is 4.79 Å². The van der Waals surface area contributed by atoms with Crippen LogP contribution in [0.1, 0.15) is 24.2 Å². The number of Topliss-reactive ketones (excluding diaryl/α,β-unsaturated/α-hetero) is 1. The molecular formula is C21H25N3O3. The Hall–Kier alpha value is -2.86. The smallest absolute Gasteiger partial charge is 0.221 e.